The number of anilines is 1. The molecule has 0 heterocycles. The summed E-state index contributed by atoms with van der Waals surface area (Å²) in [6, 6.07) is 11.9. The number of likely N-dealkylation sites (N-methyl/N-ethyl adjacent to an activating group) is 1. The average molecular weight is 378 g/mol. The van der Waals surface area contributed by atoms with Gasteiger partial charge in [0.25, 0.3) is 5.91 Å². The van der Waals surface area contributed by atoms with Crippen molar-refractivity contribution in [3.8, 4) is 11.5 Å². The first-order valence-electron chi connectivity index (χ1n) is 7.84. The van der Waals surface area contributed by atoms with Gasteiger partial charge >= 0.3 is 5.97 Å². The molecule has 0 aliphatic rings. The number of rotatable bonds is 6. The molecule has 6 nitrogen and oxygen atoms in total. The number of hydrogen-bond acceptors (Lipinski definition) is 5. The van der Waals surface area contributed by atoms with Gasteiger partial charge in [-0.15, -0.1) is 0 Å². The van der Waals surface area contributed by atoms with Crippen LogP contribution in [0.25, 0.3) is 0 Å². The Balaban J connectivity index is 2.14. The third-order valence-corrected chi connectivity index (χ3v) is 4.06. The Bertz CT molecular complexity index is 794. The van der Waals surface area contributed by atoms with Crippen molar-refractivity contribution in [2.45, 2.75) is 13.0 Å². The summed E-state index contributed by atoms with van der Waals surface area (Å²) in [5, 5.41) is 0.208. The zero-order valence-electron chi connectivity index (χ0n) is 15.0. The second-order valence-electron chi connectivity index (χ2n) is 5.47. The monoisotopic (exact) mass is 377 g/mol. The van der Waals surface area contributed by atoms with E-state index in [9.17, 15) is 9.59 Å². The molecule has 0 bridgehead atoms. The molecule has 138 valence electrons. The highest BCUT2D eigenvalue weighted by molar-refractivity contribution is 6.32. The number of amides is 1. The van der Waals surface area contributed by atoms with Crippen LogP contribution in [0, 0.1) is 0 Å². The molecule has 26 heavy (non-hydrogen) atoms. The van der Waals surface area contributed by atoms with Gasteiger partial charge in [-0.05, 0) is 31.2 Å². The van der Waals surface area contributed by atoms with Gasteiger partial charge in [0.05, 0.1) is 24.8 Å². The van der Waals surface area contributed by atoms with Crippen LogP contribution in [0.1, 0.15) is 17.3 Å². The summed E-state index contributed by atoms with van der Waals surface area (Å²) in [4.78, 5) is 26.3. The number of para-hydroxylation sites is 1. The third-order valence-electron chi connectivity index (χ3n) is 3.77. The van der Waals surface area contributed by atoms with Gasteiger partial charge in [0.1, 0.15) is 0 Å². The zero-order chi connectivity index (χ0) is 19.3. The first-order chi connectivity index (χ1) is 12.4. The van der Waals surface area contributed by atoms with Gasteiger partial charge in [-0.1, -0.05) is 29.8 Å². The predicted molar refractivity (Wildman–Crippen MR) is 99.3 cm³/mol. The maximum Gasteiger partial charge on any atom is 0.339 e. The Kier molecular flexibility index (Phi) is 6.46. The van der Waals surface area contributed by atoms with Gasteiger partial charge in [0.15, 0.2) is 17.6 Å². The van der Waals surface area contributed by atoms with Crippen LogP contribution in [0.15, 0.2) is 42.5 Å². The lowest BCUT2D eigenvalue weighted by atomic mass is 10.2. The van der Waals surface area contributed by atoms with E-state index in [4.69, 9.17) is 25.8 Å². The number of halogens is 1. The number of esters is 1. The highest BCUT2D eigenvalue weighted by Gasteiger charge is 2.24. The smallest absolute Gasteiger partial charge is 0.339 e. The number of ether oxygens (including phenoxy) is 3. The summed E-state index contributed by atoms with van der Waals surface area (Å²) < 4.78 is 15.6. The molecule has 0 saturated heterocycles. The van der Waals surface area contributed by atoms with E-state index in [0.717, 1.165) is 0 Å². The second-order valence-corrected chi connectivity index (χ2v) is 5.88. The minimum Gasteiger partial charge on any atom is -0.493 e. The largest absolute Gasteiger partial charge is 0.493 e. The van der Waals surface area contributed by atoms with Crippen molar-refractivity contribution < 1.29 is 23.8 Å². The Morgan fingerprint density at radius 2 is 1.73 bits per heavy atom. The van der Waals surface area contributed by atoms with Crippen LogP contribution in [-0.2, 0) is 9.53 Å². The number of carbonyl (C=O) groups is 2. The molecule has 0 aliphatic carbocycles. The van der Waals surface area contributed by atoms with E-state index in [0.29, 0.717) is 17.2 Å². The summed E-state index contributed by atoms with van der Waals surface area (Å²) in [7, 11) is 4.50. The van der Waals surface area contributed by atoms with Crippen molar-refractivity contribution in [3.05, 3.63) is 53.1 Å². The average Bonchev–Trinajstić information content (AvgIpc) is 2.66. The van der Waals surface area contributed by atoms with Crippen LogP contribution < -0.4 is 14.4 Å². The van der Waals surface area contributed by atoms with Crippen molar-refractivity contribution in [1.29, 1.82) is 0 Å². The summed E-state index contributed by atoms with van der Waals surface area (Å²) in [5.41, 5.74) is 0.865. The van der Waals surface area contributed by atoms with Gasteiger partial charge in [-0.25, -0.2) is 4.79 Å². The molecule has 7 heteroatoms. The topological polar surface area (TPSA) is 65.1 Å². The molecule has 0 radical (unpaired) electrons. The predicted octanol–water partition coefficient (Wildman–Crippen LogP) is 3.57. The van der Waals surface area contributed by atoms with Gasteiger partial charge < -0.3 is 19.1 Å². The molecular formula is C19H20ClNO5. The Morgan fingerprint density at radius 1 is 1.08 bits per heavy atom. The number of benzene rings is 2. The molecule has 0 aromatic heterocycles. The van der Waals surface area contributed by atoms with Gasteiger partial charge in [-0.3, -0.25) is 4.79 Å². The van der Waals surface area contributed by atoms with E-state index in [1.54, 1.807) is 19.2 Å². The first-order valence-corrected chi connectivity index (χ1v) is 8.22. The Labute approximate surface area is 157 Å². The zero-order valence-corrected chi connectivity index (χ0v) is 15.7. The standard InChI is InChI=1S/C19H20ClNO5/c1-12(18(22)21(2)14-8-6-5-7-9-14)26-19(23)13-10-15(20)17(25-4)16(11-13)24-3/h5-12H,1-4H3/t12-/m1/s1. The van der Waals surface area contributed by atoms with Crippen LogP contribution in [-0.4, -0.2) is 39.2 Å². The molecule has 0 saturated carbocycles. The van der Waals surface area contributed by atoms with Crippen molar-refractivity contribution in [2.24, 2.45) is 0 Å². The van der Waals surface area contributed by atoms with Gasteiger partial charge in [0.2, 0.25) is 0 Å². The number of methoxy groups -OCH3 is 2. The lowest BCUT2D eigenvalue weighted by molar-refractivity contribution is -0.126. The van der Waals surface area contributed by atoms with Crippen molar-refractivity contribution in [2.75, 3.05) is 26.2 Å². The highest BCUT2D eigenvalue weighted by atomic mass is 35.5. The summed E-state index contributed by atoms with van der Waals surface area (Å²) in [5.74, 6) is -0.419. The minimum atomic E-state index is -0.973. The normalized spacial score (nSPS) is 11.4. The molecule has 1 atom stereocenters. The molecule has 2 aromatic carbocycles. The third kappa shape index (κ3) is 4.26. The van der Waals surface area contributed by atoms with Crippen LogP contribution in [0.2, 0.25) is 5.02 Å². The van der Waals surface area contributed by atoms with Crippen LogP contribution in [0.3, 0.4) is 0 Å². The van der Waals surface area contributed by atoms with E-state index >= 15 is 0 Å². The molecule has 0 N–H and O–H groups in total. The summed E-state index contributed by atoms with van der Waals surface area (Å²) in [6.07, 6.45) is -0.973. The quantitative estimate of drug-likeness (QED) is 0.720. The number of carbonyl (C=O) groups excluding carboxylic acids is 2. The Hall–Kier alpha value is -2.73. The Morgan fingerprint density at radius 3 is 2.31 bits per heavy atom. The molecule has 1 amide bonds. The molecule has 2 rings (SSSR count). The van der Waals surface area contributed by atoms with E-state index in [1.165, 1.54) is 38.2 Å². The maximum absolute atomic E-state index is 12.5. The molecule has 0 unspecified atom stereocenters. The van der Waals surface area contributed by atoms with Gasteiger partial charge in [-0.2, -0.15) is 0 Å². The number of hydrogen-bond donors (Lipinski definition) is 0. The van der Waals surface area contributed by atoms with Crippen LogP contribution >= 0.6 is 11.6 Å². The highest BCUT2D eigenvalue weighted by Crippen LogP contribution is 2.36. The van der Waals surface area contributed by atoms with E-state index in [1.807, 2.05) is 18.2 Å². The van der Waals surface area contributed by atoms with Crippen molar-refractivity contribution in [1.82, 2.24) is 0 Å². The van der Waals surface area contributed by atoms with E-state index in [2.05, 4.69) is 0 Å². The fourth-order valence-electron chi connectivity index (χ4n) is 2.37. The number of nitrogens with zero attached hydrogens (tertiary/aromatic N) is 1. The fourth-order valence-corrected chi connectivity index (χ4v) is 2.65. The second kappa shape index (κ2) is 8.58. The summed E-state index contributed by atoms with van der Waals surface area (Å²) >= 11 is 6.10. The summed E-state index contributed by atoms with van der Waals surface area (Å²) in [6.45, 7) is 1.52. The minimum absolute atomic E-state index is 0.162. The SMILES string of the molecule is COc1cc(C(=O)O[C@H](C)C(=O)N(C)c2ccccc2)cc(Cl)c1OC. The van der Waals surface area contributed by atoms with Crippen LogP contribution in [0.5, 0.6) is 11.5 Å². The fraction of sp³-hybridized carbons (Fsp3) is 0.263. The lowest BCUT2D eigenvalue weighted by Gasteiger charge is -2.21. The van der Waals surface area contributed by atoms with Crippen molar-refractivity contribution in [3.63, 3.8) is 0 Å². The maximum atomic E-state index is 12.5. The molecular weight excluding hydrogens is 358 g/mol. The van der Waals surface area contributed by atoms with E-state index < -0.39 is 12.1 Å². The van der Waals surface area contributed by atoms with Gasteiger partial charge in [0, 0.05) is 12.7 Å². The lowest BCUT2D eigenvalue weighted by Crippen LogP contribution is -2.37. The molecule has 0 spiro atoms. The van der Waals surface area contributed by atoms with Crippen molar-refractivity contribution >= 4 is 29.2 Å². The molecule has 0 fully saturated rings. The molecule has 0 aliphatic heterocycles. The van der Waals surface area contributed by atoms with E-state index in [-0.39, 0.29) is 16.5 Å². The van der Waals surface area contributed by atoms with Crippen LogP contribution in [0.4, 0.5) is 5.69 Å². The first kappa shape index (κ1) is 19.6. The molecule has 2 aromatic rings.